The molecule has 0 bridgehead atoms. The fourth-order valence-corrected chi connectivity index (χ4v) is 3.65. The molecule has 0 unspecified atom stereocenters. The van der Waals surface area contributed by atoms with Gasteiger partial charge in [-0.2, -0.15) is 0 Å². The van der Waals surface area contributed by atoms with Gasteiger partial charge in [-0.05, 0) is 53.6 Å². The third-order valence-corrected chi connectivity index (χ3v) is 5.94. The summed E-state index contributed by atoms with van der Waals surface area (Å²) in [5.74, 6) is -0.427. The molecule has 0 aliphatic carbocycles. The highest BCUT2D eigenvalue weighted by Gasteiger charge is 2.25. The standard InChI is InChI=1S/C18H17ClIN3O3/c1-2-17(25)21-10-3-5-23(6-4-10)18(26)15-9-16(24)11-7-12(19)13(20)8-14(11)22-15/h2,7-10H,1,3-6H2,(H,21,25)(H,22,24). The Labute approximate surface area is 168 Å². The Morgan fingerprint density at radius 1 is 1.31 bits per heavy atom. The van der Waals surface area contributed by atoms with Crippen LogP contribution in [0.5, 0.6) is 0 Å². The van der Waals surface area contributed by atoms with Gasteiger partial charge in [0.2, 0.25) is 5.91 Å². The molecule has 2 aromatic rings. The number of hydrogen-bond acceptors (Lipinski definition) is 3. The van der Waals surface area contributed by atoms with Crippen LogP contribution in [0.1, 0.15) is 23.3 Å². The first-order chi connectivity index (χ1) is 12.4. The second kappa shape index (κ2) is 7.79. The number of rotatable bonds is 3. The molecule has 1 saturated heterocycles. The van der Waals surface area contributed by atoms with E-state index in [1.54, 1.807) is 17.0 Å². The molecule has 2 heterocycles. The molecule has 3 rings (SSSR count). The predicted molar refractivity (Wildman–Crippen MR) is 110 cm³/mol. The number of pyridine rings is 1. The van der Waals surface area contributed by atoms with Crippen LogP contribution in [0.2, 0.25) is 5.02 Å². The lowest BCUT2D eigenvalue weighted by Crippen LogP contribution is -2.46. The van der Waals surface area contributed by atoms with E-state index in [0.717, 1.165) is 3.57 Å². The average Bonchev–Trinajstić information content (AvgIpc) is 2.63. The van der Waals surface area contributed by atoms with Gasteiger partial charge in [0.25, 0.3) is 5.91 Å². The van der Waals surface area contributed by atoms with Gasteiger partial charge in [-0.15, -0.1) is 0 Å². The lowest BCUT2D eigenvalue weighted by atomic mass is 10.0. The van der Waals surface area contributed by atoms with Crippen LogP contribution < -0.4 is 10.7 Å². The van der Waals surface area contributed by atoms with Crippen molar-refractivity contribution in [2.45, 2.75) is 18.9 Å². The van der Waals surface area contributed by atoms with Crippen LogP contribution in [-0.4, -0.2) is 40.8 Å². The van der Waals surface area contributed by atoms with E-state index in [0.29, 0.717) is 41.9 Å². The number of hydrogen-bond donors (Lipinski definition) is 2. The molecule has 0 atom stereocenters. The lowest BCUT2D eigenvalue weighted by molar-refractivity contribution is -0.117. The number of carbonyl (C=O) groups excluding carboxylic acids is 2. The first-order valence-corrected chi connectivity index (χ1v) is 9.59. The maximum Gasteiger partial charge on any atom is 0.270 e. The van der Waals surface area contributed by atoms with Crippen molar-refractivity contribution in [1.29, 1.82) is 0 Å². The summed E-state index contributed by atoms with van der Waals surface area (Å²) in [6.07, 6.45) is 2.57. The van der Waals surface area contributed by atoms with Gasteiger partial charge < -0.3 is 15.2 Å². The van der Waals surface area contributed by atoms with Gasteiger partial charge >= 0.3 is 0 Å². The molecule has 136 valence electrons. The number of carbonyl (C=O) groups is 2. The molecule has 2 N–H and O–H groups in total. The van der Waals surface area contributed by atoms with Crippen molar-refractivity contribution < 1.29 is 9.59 Å². The second-order valence-electron chi connectivity index (χ2n) is 6.14. The van der Waals surface area contributed by atoms with Crippen LogP contribution in [0.25, 0.3) is 10.9 Å². The molecule has 8 heteroatoms. The maximum absolute atomic E-state index is 12.8. The number of halogens is 2. The van der Waals surface area contributed by atoms with Crippen molar-refractivity contribution in [3.8, 4) is 0 Å². The van der Waals surface area contributed by atoms with Gasteiger partial charge in [-0.3, -0.25) is 14.4 Å². The van der Waals surface area contributed by atoms with Crippen LogP contribution in [0.4, 0.5) is 0 Å². The zero-order chi connectivity index (χ0) is 18.8. The number of nitrogens with zero attached hydrogens (tertiary/aromatic N) is 1. The molecule has 0 saturated carbocycles. The highest BCUT2D eigenvalue weighted by molar-refractivity contribution is 14.1. The van der Waals surface area contributed by atoms with Gasteiger partial charge in [0.1, 0.15) is 5.69 Å². The molecular weight excluding hydrogens is 469 g/mol. The van der Waals surface area contributed by atoms with E-state index >= 15 is 0 Å². The van der Waals surface area contributed by atoms with E-state index < -0.39 is 0 Å². The molecule has 6 nitrogen and oxygen atoms in total. The summed E-state index contributed by atoms with van der Waals surface area (Å²) in [5.41, 5.74) is 0.602. The predicted octanol–water partition coefficient (Wildman–Crippen LogP) is 2.69. The number of nitrogens with one attached hydrogen (secondary N) is 2. The molecule has 1 aromatic carbocycles. The Bertz CT molecular complexity index is 949. The summed E-state index contributed by atoms with van der Waals surface area (Å²) < 4.78 is 0.802. The van der Waals surface area contributed by atoms with Crippen LogP contribution in [0.15, 0.2) is 35.6 Å². The Morgan fingerprint density at radius 3 is 2.65 bits per heavy atom. The van der Waals surface area contributed by atoms with Crippen molar-refractivity contribution >= 4 is 56.9 Å². The quantitative estimate of drug-likeness (QED) is 0.518. The molecule has 1 fully saturated rings. The van der Waals surface area contributed by atoms with E-state index in [9.17, 15) is 14.4 Å². The van der Waals surface area contributed by atoms with E-state index in [2.05, 4.69) is 39.5 Å². The SMILES string of the molecule is C=CC(=O)NC1CCN(C(=O)c2cc(=O)c3cc(Cl)c(I)cc3[nH]2)CC1. The van der Waals surface area contributed by atoms with Crippen LogP contribution in [0, 0.1) is 3.57 Å². The highest BCUT2D eigenvalue weighted by atomic mass is 127. The Hall–Kier alpha value is -1.87. The highest BCUT2D eigenvalue weighted by Crippen LogP contribution is 2.23. The number of fused-ring (bicyclic) bond motifs is 1. The molecule has 2 amide bonds. The fourth-order valence-electron chi connectivity index (χ4n) is 3.02. The molecule has 1 aromatic heterocycles. The number of aromatic nitrogens is 1. The van der Waals surface area contributed by atoms with E-state index in [1.165, 1.54) is 12.1 Å². The third-order valence-electron chi connectivity index (χ3n) is 4.42. The van der Waals surface area contributed by atoms with Crippen molar-refractivity contribution in [1.82, 2.24) is 15.2 Å². The summed E-state index contributed by atoms with van der Waals surface area (Å²) in [7, 11) is 0. The van der Waals surface area contributed by atoms with Crippen molar-refractivity contribution in [2.75, 3.05) is 13.1 Å². The number of H-pyrrole nitrogens is 1. The smallest absolute Gasteiger partial charge is 0.270 e. The summed E-state index contributed by atoms with van der Waals surface area (Å²) in [4.78, 5) is 41.2. The molecule has 1 aliphatic rings. The third kappa shape index (κ3) is 3.93. The van der Waals surface area contributed by atoms with Crippen LogP contribution >= 0.6 is 34.2 Å². The summed E-state index contributed by atoms with van der Waals surface area (Å²) >= 11 is 8.15. The lowest BCUT2D eigenvalue weighted by Gasteiger charge is -2.32. The van der Waals surface area contributed by atoms with Crippen molar-refractivity contribution in [2.24, 2.45) is 0 Å². The van der Waals surface area contributed by atoms with Gasteiger partial charge in [0, 0.05) is 34.2 Å². The van der Waals surface area contributed by atoms with Crippen LogP contribution in [-0.2, 0) is 4.79 Å². The van der Waals surface area contributed by atoms with Gasteiger partial charge in [0.15, 0.2) is 5.43 Å². The summed E-state index contributed by atoms with van der Waals surface area (Å²) in [6.45, 7) is 4.46. The van der Waals surface area contributed by atoms with Crippen LogP contribution in [0.3, 0.4) is 0 Å². The topological polar surface area (TPSA) is 82.3 Å². The first kappa shape index (κ1) is 18.9. The Balaban J connectivity index is 1.78. The molecule has 0 radical (unpaired) electrons. The molecular formula is C18H17ClIN3O3. The minimum absolute atomic E-state index is 0.0314. The maximum atomic E-state index is 12.8. The number of piperidine rings is 1. The van der Waals surface area contributed by atoms with Crippen molar-refractivity contribution in [3.05, 3.63) is 55.4 Å². The van der Waals surface area contributed by atoms with Gasteiger partial charge in [-0.1, -0.05) is 18.2 Å². The molecule has 0 spiro atoms. The molecule has 1 aliphatic heterocycles. The minimum atomic E-state index is -0.242. The van der Waals surface area contributed by atoms with E-state index in [1.807, 2.05) is 0 Å². The average molecular weight is 486 g/mol. The zero-order valence-electron chi connectivity index (χ0n) is 13.9. The molecule has 26 heavy (non-hydrogen) atoms. The van der Waals surface area contributed by atoms with Crippen molar-refractivity contribution in [3.63, 3.8) is 0 Å². The van der Waals surface area contributed by atoms with Gasteiger partial charge in [0.05, 0.1) is 10.5 Å². The second-order valence-corrected chi connectivity index (χ2v) is 7.71. The summed E-state index contributed by atoms with van der Waals surface area (Å²) in [6, 6.07) is 4.72. The summed E-state index contributed by atoms with van der Waals surface area (Å²) in [5, 5.41) is 3.81. The van der Waals surface area contributed by atoms with E-state index in [-0.39, 0.29) is 29.0 Å². The normalized spacial score (nSPS) is 15.1. The van der Waals surface area contributed by atoms with E-state index in [4.69, 9.17) is 11.6 Å². The Kier molecular flexibility index (Phi) is 5.67. The Morgan fingerprint density at radius 2 is 2.00 bits per heavy atom. The number of aromatic amines is 1. The fraction of sp³-hybridized carbons (Fsp3) is 0.278. The van der Waals surface area contributed by atoms with Gasteiger partial charge in [-0.25, -0.2) is 0 Å². The number of amides is 2. The minimum Gasteiger partial charge on any atom is -0.350 e. The number of benzene rings is 1. The largest absolute Gasteiger partial charge is 0.350 e. The zero-order valence-corrected chi connectivity index (χ0v) is 16.8. The first-order valence-electron chi connectivity index (χ1n) is 8.13. The number of likely N-dealkylation sites (tertiary alicyclic amines) is 1. The monoisotopic (exact) mass is 485 g/mol.